The molecule has 0 aromatic heterocycles. The predicted molar refractivity (Wildman–Crippen MR) is 54.3 cm³/mol. The van der Waals surface area contributed by atoms with Gasteiger partial charge in [0.2, 0.25) is 0 Å². The minimum Gasteiger partial charge on any atom is -0.304 e. The van der Waals surface area contributed by atoms with E-state index in [1.165, 1.54) is 6.92 Å². The van der Waals surface area contributed by atoms with Crippen LogP contribution in [0.2, 0.25) is 0 Å². The number of rotatable bonds is 3. The summed E-state index contributed by atoms with van der Waals surface area (Å²) in [6.45, 7) is 6.32. The molecule has 0 saturated carbocycles. The minimum atomic E-state index is -4.35. The van der Waals surface area contributed by atoms with Crippen molar-refractivity contribution in [2.75, 3.05) is 19.6 Å². The third-order valence-electron chi connectivity index (χ3n) is 3.19. The van der Waals surface area contributed by atoms with E-state index < -0.39 is 15.5 Å². The largest absolute Gasteiger partial charge is 0.305 e. The monoisotopic (exact) mass is 223 g/mol. The first-order valence-electron chi connectivity index (χ1n) is 5.11. The molecule has 5 heteroatoms. The van der Waals surface area contributed by atoms with Gasteiger partial charge < -0.3 is 4.90 Å². The van der Waals surface area contributed by atoms with Crippen molar-refractivity contribution in [2.24, 2.45) is 5.92 Å². The molecule has 1 unspecified atom stereocenters. The molecule has 0 radical (unpaired) electrons. The van der Waals surface area contributed by atoms with Crippen LogP contribution in [0.1, 0.15) is 26.7 Å². The first-order valence-corrected chi connectivity index (χ1v) is 6.55. The van der Waals surface area contributed by atoms with Gasteiger partial charge in [0.05, 0.1) is 5.25 Å². The van der Waals surface area contributed by atoms with Gasteiger partial charge in [0.1, 0.15) is 0 Å². The molecular formula is C9H18FNO2S. The molecule has 0 spiro atoms. The molecular weight excluding hydrogens is 205 g/mol. The molecule has 14 heavy (non-hydrogen) atoms. The maximum atomic E-state index is 12.7. The van der Waals surface area contributed by atoms with Crippen LogP contribution in [0.4, 0.5) is 3.89 Å². The second-order valence-corrected chi connectivity index (χ2v) is 5.65. The normalized spacial score (nSPS) is 23.6. The summed E-state index contributed by atoms with van der Waals surface area (Å²) in [5.41, 5.74) is 0. The molecule has 3 nitrogen and oxygen atoms in total. The Morgan fingerprint density at radius 3 is 2.29 bits per heavy atom. The quantitative estimate of drug-likeness (QED) is 0.679. The number of hydrogen-bond acceptors (Lipinski definition) is 3. The molecule has 84 valence electrons. The highest BCUT2D eigenvalue weighted by Crippen LogP contribution is 2.25. The summed E-state index contributed by atoms with van der Waals surface area (Å²) in [4.78, 5) is 2.26. The van der Waals surface area contributed by atoms with Crippen molar-refractivity contribution in [3.63, 3.8) is 0 Å². The van der Waals surface area contributed by atoms with E-state index in [2.05, 4.69) is 11.8 Å². The van der Waals surface area contributed by atoms with E-state index in [1.807, 2.05) is 0 Å². The zero-order valence-corrected chi connectivity index (χ0v) is 9.56. The van der Waals surface area contributed by atoms with Gasteiger partial charge in [0.25, 0.3) is 0 Å². The van der Waals surface area contributed by atoms with E-state index in [9.17, 15) is 12.3 Å². The minimum absolute atomic E-state index is 0.00667. The third-order valence-corrected chi connectivity index (χ3v) is 4.46. The van der Waals surface area contributed by atoms with Crippen molar-refractivity contribution in [3.8, 4) is 0 Å². The van der Waals surface area contributed by atoms with Crippen molar-refractivity contribution < 1.29 is 12.3 Å². The van der Waals surface area contributed by atoms with Gasteiger partial charge in [-0.05, 0) is 45.3 Å². The predicted octanol–water partition coefficient (Wildman–Crippen LogP) is 1.41. The van der Waals surface area contributed by atoms with Crippen molar-refractivity contribution in [1.29, 1.82) is 0 Å². The van der Waals surface area contributed by atoms with Gasteiger partial charge >= 0.3 is 10.2 Å². The average Bonchev–Trinajstić information content (AvgIpc) is 2.15. The first-order chi connectivity index (χ1) is 6.45. The lowest BCUT2D eigenvalue weighted by Gasteiger charge is -2.32. The molecule has 1 atom stereocenters. The van der Waals surface area contributed by atoms with E-state index in [1.54, 1.807) is 0 Å². The smallest absolute Gasteiger partial charge is 0.304 e. The Bertz CT molecular complexity index is 271. The van der Waals surface area contributed by atoms with Gasteiger partial charge in [-0.3, -0.25) is 0 Å². The van der Waals surface area contributed by atoms with Gasteiger partial charge in [0.15, 0.2) is 0 Å². The Balaban J connectivity index is 2.50. The van der Waals surface area contributed by atoms with E-state index in [0.717, 1.165) is 32.5 Å². The zero-order chi connectivity index (χ0) is 10.8. The molecule has 1 aliphatic heterocycles. The van der Waals surface area contributed by atoms with Crippen molar-refractivity contribution >= 4 is 10.2 Å². The summed E-state index contributed by atoms with van der Waals surface area (Å²) in [6, 6.07) is 0. The molecule has 0 aromatic carbocycles. The standard InChI is InChI=1S/C9H18FNO2S/c1-3-11-6-4-9(5-7-11)8(2)14(10,12)13/h8-9H,3-7H2,1-2H3. The first kappa shape index (κ1) is 11.9. The molecule has 1 rings (SSSR count). The van der Waals surface area contributed by atoms with Crippen LogP contribution in [-0.2, 0) is 10.2 Å². The molecule has 0 aliphatic carbocycles. The number of hydrogen-bond donors (Lipinski definition) is 0. The maximum absolute atomic E-state index is 12.7. The number of halogens is 1. The highest BCUT2D eigenvalue weighted by atomic mass is 32.3. The molecule has 0 N–H and O–H groups in total. The van der Waals surface area contributed by atoms with Crippen LogP contribution >= 0.6 is 0 Å². The summed E-state index contributed by atoms with van der Waals surface area (Å²) >= 11 is 0. The number of likely N-dealkylation sites (tertiary alicyclic amines) is 1. The number of piperidine rings is 1. The summed E-state index contributed by atoms with van der Waals surface area (Å²) in [7, 11) is -4.35. The van der Waals surface area contributed by atoms with E-state index in [-0.39, 0.29) is 5.92 Å². The fourth-order valence-electron chi connectivity index (χ4n) is 1.97. The molecule has 0 aromatic rings. The lowest BCUT2D eigenvalue weighted by molar-refractivity contribution is 0.190. The van der Waals surface area contributed by atoms with Crippen molar-refractivity contribution in [3.05, 3.63) is 0 Å². The molecule has 1 fully saturated rings. The summed E-state index contributed by atoms with van der Waals surface area (Å²) in [6.07, 6.45) is 1.58. The second kappa shape index (κ2) is 4.57. The molecule has 1 heterocycles. The van der Waals surface area contributed by atoms with Crippen LogP contribution in [0.25, 0.3) is 0 Å². The van der Waals surface area contributed by atoms with Crippen molar-refractivity contribution in [2.45, 2.75) is 31.9 Å². The van der Waals surface area contributed by atoms with Gasteiger partial charge in [0, 0.05) is 0 Å². The third kappa shape index (κ3) is 2.92. The van der Waals surface area contributed by atoms with Crippen LogP contribution < -0.4 is 0 Å². The van der Waals surface area contributed by atoms with E-state index in [4.69, 9.17) is 0 Å². The maximum Gasteiger partial charge on any atom is 0.305 e. The Kier molecular flexibility index (Phi) is 3.89. The van der Waals surface area contributed by atoms with Crippen LogP contribution in [0.3, 0.4) is 0 Å². The summed E-state index contributed by atoms with van der Waals surface area (Å²) in [5, 5.41) is -0.832. The summed E-state index contributed by atoms with van der Waals surface area (Å²) < 4.78 is 34.1. The average molecular weight is 223 g/mol. The summed E-state index contributed by atoms with van der Waals surface area (Å²) in [5.74, 6) is -0.00667. The Morgan fingerprint density at radius 1 is 1.43 bits per heavy atom. The lowest BCUT2D eigenvalue weighted by atomic mass is 9.94. The Morgan fingerprint density at radius 2 is 1.93 bits per heavy atom. The van der Waals surface area contributed by atoms with Crippen LogP contribution in [0, 0.1) is 5.92 Å². The fraction of sp³-hybridized carbons (Fsp3) is 1.00. The SMILES string of the molecule is CCN1CCC(C(C)S(=O)(=O)F)CC1. The molecule has 1 saturated heterocycles. The molecule has 1 aliphatic rings. The Hall–Kier alpha value is -0.160. The fourth-order valence-corrected chi connectivity index (χ4v) is 2.70. The van der Waals surface area contributed by atoms with Crippen LogP contribution in [-0.4, -0.2) is 38.2 Å². The second-order valence-electron chi connectivity index (χ2n) is 3.95. The van der Waals surface area contributed by atoms with Gasteiger partial charge in [-0.25, -0.2) is 0 Å². The van der Waals surface area contributed by atoms with Crippen LogP contribution in [0.15, 0.2) is 0 Å². The van der Waals surface area contributed by atoms with Gasteiger partial charge in [-0.1, -0.05) is 6.92 Å². The molecule has 0 amide bonds. The Labute approximate surface area is 85.5 Å². The topological polar surface area (TPSA) is 37.4 Å². The van der Waals surface area contributed by atoms with Crippen molar-refractivity contribution in [1.82, 2.24) is 4.90 Å². The molecule has 0 bridgehead atoms. The van der Waals surface area contributed by atoms with E-state index >= 15 is 0 Å². The van der Waals surface area contributed by atoms with Gasteiger partial charge in [-0.2, -0.15) is 8.42 Å². The lowest BCUT2D eigenvalue weighted by Crippen LogP contribution is -2.38. The van der Waals surface area contributed by atoms with Gasteiger partial charge in [-0.15, -0.1) is 3.89 Å². The zero-order valence-electron chi connectivity index (χ0n) is 8.74. The highest BCUT2D eigenvalue weighted by Gasteiger charge is 2.31. The number of nitrogens with zero attached hydrogens (tertiary/aromatic N) is 1. The highest BCUT2D eigenvalue weighted by molar-refractivity contribution is 7.87. The van der Waals surface area contributed by atoms with E-state index in [0.29, 0.717) is 0 Å². The van der Waals surface area contributed by atoms with Crippen LogP contribution in [0.5, 0.6) is 0 Å².